The van der Waals surface area contributed by atoms with Gasteiger partial charge in [-0.3, -0.25) is 9.80 Å². The molecule has 0 saturated carbocycles. The molecule has 1 heterocycles. The quantitative estimate of drug-likeness (QED) is 0.741. The number of β-amino-alcohol motifs (C(OH)–C–C–N with tert-alkyl or cyclic N) is 1. The van der Waals surface area contributed by atoms with Crippen molar-refractivity contribution in [3.8, 4) is 0 Å². The van der Waals surface area contributed by atoms with Gasteiger partial charge in [0.1, 0.15) is 0 Å². The van der Waals surface area contributed by atoms with Crippen LogP contribution >= 0.6 is 0 Å². The summed E-state index contributed by atoms with van der Waals surface area (Å²) < 4.78 is 38.0. The highest BCUT2D eigenvalue weighted by Gasteiger charge is 2.30. The van der Waals surface area contributed by atoms with Crippen molar-refractivity contribution in [3.05, 3.63) is 71.3 Å². The average molecular weight is 407 g/mol. The van der Waals surface area contributed by atoms with Crippen LogP contribution < -0.4 is 5.73 Å². The second-order valence-electron chi connectivity index (χ2n) is 7.69. The standard InChI is InChI=1S/C22H28F3N3O/c23-22(24,25)19-8-6-18(7-9-19)15-27-10-12-28(13-11-27)16-21(29)20(26)14-17-4-2-1-3-5-17/h1-9,20-21,29H,10-16,26H2/t20-,21+/m0/s1. The molecule has 29 heavy (non-hydrogen) atoms. The molecule has 2 aromatic carbocycles. The van der Waals surface area contributed by atoms with Crippen molar-refractivity contribution in [3.63, 3.8) is 0 Å². The molecule has 1 fully saturated rings. The number of piperazine rings is 1. The normalized spacial score (nSPS) is 18.5. The monoisotopic (exact) mass is 407 g/mol. The first-order valence-corrected chi connectivity index (χ1v) is 9.89. The van der Waals surface area contributed by atoms with Crippen LogP contribution in [-0.2, 0) is 19.1 Å². The summed E-state index contributed by atoms with van der Waals surface area (Å²) in [5.74, 6) is 0. The number of halogens is 3. The molecule has 2 atom stereocenters. The molecule has 0 radical (unpaired) electrons. The summed E-state index contributed by atoms with van der Waals surface area (Å²) in [5, 5.41) is 10.5. The van der Waals surface area contributed by atoms with E-state index in [2.05, 4.69) is 9.80 Å². The fourth-order valence-corrected chi connectivity index (χ4v) is 3.61. The van der Waals surface area contributed by atoms with Crippen molar-refractivity contribution in [2.45, 2.75) is 31.3 Å². The molecule has 4 nitrogen and oxygen atoms in total. The number of alkyl halides is 3. The van der Waals surface area contributed by atoms with E-state index in [1.54, 1.807) is 12.1 Å². The van der Waals surface area contributed by atoms with Gasteiger partial charge in [-0.2, -0.15) is 13.2 Å². The Morgan fingerprint density at radius 1 is 0.862 bits per heavy atom. The Labute approximate surface area is 169 Å². The second-order valence-corrected chi connectivity index (χ2v) is 7.69. The molecule has 3 rings (SSSR count). The zero-order valence-electron chi connectivity index (χ0n) is 16.4. The molecular weight excluding hydrogens is 379 g/mol. The smallest absolute Gasteiger partial charge is 0.390 e. The zero-order valence-corrected chi connectivity index (χ0v) is 16.4. The predicted molar refractivity (Wildman–Crippen MR) is 107 cm³/mol. The van der Waals surface area contributed by atoms with Crippen LogP contribution in [0.4, 0.5) is 13.2 Å². The van der Waals surface area contributed by atoms with E-state index in [1.165, 1.54) is 0 Å². The molecule has 1 aliphatic rings. The van der Waals surface area contributed by atoms with Crippen molar-refractivity contribution in [2.24, 2.45) is 5.73 Å². The molecule has 0 unspecified atom stereocenters. The van der Waals surface area contributed by atoms with Gasteiger partial charge in [0.15, 0.2) is 0 Å². The number of aliphatic hydroxyl groups excluding tert-OH is 1. The van der Waals surface area contributed by atoms with Crippen LogP contribution in [0.3, 0.4) is 0 Å². The number of rotatable bonds is 7. The Morgan fingerprint density at radius 2 is 1.45 bits per heavy atom. The Bertz CT molecular complexity index is 744. The first-order chi connectivity index (χ1) is 13.8. The molecular formula is C22H28F3N3O. The SMILES string of the molecule is N[C@@H](Cc1ccccc1)[C@H](O)CN1CCN(Cc2ccc(C(F)(F)F)cc2)CC1. The molecule has 158 valence electrons. The van der Waals surface area contributed by atoms with Gasteiger partial charge in [0.2, 0.25) is 0 Å². The molecule has 0 spiro atoms. The molecule has 2 aromatic rings. The highest BCUT2D eigenvalue weighted by atomic mass is 19.4. The third kappa shape index (κ3) is 6.54. The van der Waals surface area contributed by atoms with Gasteiger partial charge in [0.05, 0.1) is 11.7 Å². The fourth-order valence-electron chi connectivity index (χ4n) is 3.61. The predicted octanol–water partition coefficient (Wildman–Crippen LogP) is 2.75. The van der Waals surface area contributed by atoms with Crippen LogP contribution in [0.5, 0.6) is 0 Å². The first-order valence-electron chi connectivity index (χ1n) is 9.89. The van der Waals surface area contributed by atoms with Crippen molar-refractivity contribution in [2.75, 3.05) is 32.7 Å². The minimum atomic E-state index is -4.30. The molecule has 0 aromatic heterocycles. The van der Waals surface area contributed by atoms with Crippen molar-refractivity contribution in [1.82, 2.24) is 9.80 Å². The van der Waals surface area contributed by atoms with Crippen LogP contribution in [-0.4, -0.2) is 59.8 Å². The number of benzene rings is 2. The summed E-state index contributed by atoms with van der Waals surface area (Å²) in [5.41, 5.74) is 7.54. The Balaban J connectivity index is 1.42. The van der Waals surface area contributed by atoms with Gasteiger partial charge in [0, 0.05) is 45.3 Å². The number of aliphatic hydroxyl groups is 1. The van der Waals surface area contributed by atoms with Gasteiger partial charge < -0.3 is 10.8 Å². The molecule has 0 aliphatic carbocycles. The summed E-state index contributed by atoms with van der Waals surface area (Å²) in [6.07, 6.45) is -4.26. The summed E-state index contributed by atoms with van der Waals surface area (Å²) in [6.45, 7) is 4.37. The van der Waals surface area contributed by atoms with E-state index in [1.807, 2.05) is 30.3 Å². The first kappa shape index (κ1) is 21.8. The highest BCUT2D eigenvalue weighted by molar-refractivity contribution is 5.24. The summed E-state index contributed by atoms with van der Waals surface area (Å²) in [6, 6.07) is 14.9. The maximum atomic E-state index is 12.7. The number of nitrogens with two attached hydrogens (primary N) is 1. The fraction of sp³-hybridized carbons (Fsp3) is 0.455. The van der Waals surface area contributed by atoms with E-state index in [0.29, 0.717) is 19.5 Å². The number of nitrogens with zero attached hydrogens (tertiary/aromatic N) is 2. The van der Waals surface area contributed by atoms with Gasteiger partial charge >= 0.3 is 6.18 Å². The van der Waals surface area contributed by atoms with Gasteiger partial charge in [-0.15, -0.1) is 0 Å². The van der Waals surface area contributed by atoms with E-state index in [9.17, 15) is 18.3 Å². The zero-order chi connectivity index (χ0) is 20.9. The maximum absolute atomic E-state index is 12.7. The second kappa shape index (κ2) is 9.71. The van der Waals surface area contributed by atoms with E-state index >= 15 is 0 Å². The van der Waals surface area contributed by atoms with Crippen LogP contribution in [0.1, 0.15) is 16.7 Å². The van der Waals surface area contributed by atoms with Crippen LogP contribution in [0.15, 0.2) is 54.6 Å². The Kier molecular flexibility index (Phi) is 7.29. The average Bonchev–Trinajstić information content (AvgIpc) is 2.70. The molecule has 0 amide bonds. The van der Waals surface area contributed by atoms with E-state index in [-0.39, 0.29) is 6.04 Å². The van der Waals surface area contributed by atoms with Crippen LogP contribution in [0.2, 0.25) is 0 Å². The minimum absolute atomic E-state index is 0.317. The molecule has 1 aliphatic heterocycles. The maximum Gasteiger partial charge on any atom is 0.416 e. The number of hydrogen-bond donors (Lipinski definition) is 2. The summed E-state index contributed by atoms with van der Waals surface area (Å²) >= 11 is 0. The molecule has 1 saturated heterocycles. The van der Waals surface area contributed by atoms with E-state index in [4.69, 9.17) is 5.73 Å². The van der Waals surface area contributed by atoms with Crippen molar-refractivity contribution >= 4 is 0 Å². The van der Waals surface area contributed by atoms with Gasteiger partial charge in [-0.25, -0.2) is 0 Å². The van der Waals surface area contributed by atoms with Gasteiger partial charge in [0.25, 0.3) is 0 Å². The minimum Gasteiger partial charge on any atom is -0.390 e. The lowest BCUT2D eigenvalue weighted by molar-refractivity contribution is -0.137. The van der Waals surface area contributed by atoms with E-state index in [0.717, 1.165) is 49.4 Å². The van der Waals surface area contributed by atoms with Crippen LogP contribution in [0, 0.1) is 0 Å². The Hall–Kier alpha value is -1.93. The van der Waals surface area contributed by atoms with Crippen LogP contribution in [0.25, 0.3) is 0 Å². The van der Waals surface area contributed by atoms with Crippen molar-refractivity contribution in [1.29, 1.82) is 0 Å². The topological polar surface area (TPSA) is 52.7 Å². The lowest BCUT2D eigenvalue weighted by atomic mass is 10.0. The molecule has 0 bridgehead atoms. The molecule has 3 N–H and O–H groups in total. The third-order valence-electron chi connectivity index (χ3n) is 5.41. The largest absolute Gasteiger partial charge is 0.416 e. The third-order valence-corrected chi connectivity index (χ3v) is 5.41. The lowest BCUT2D eigenvalue weighted by Gasteiger charge is -2.36. The van der Waals surface area contributed by atoms with Crippen molar-refractivity contribution < 1.29 is 18.3 Å². The highest BCUT2D eigenvalue weighted by Crippen LogP contribution is 2.29. The van der Waals surface area contributed by atoms with E-state index < -0.39 is 17.8 Å². The Morgan fingerprint density at radius 3 is 2.03 bits per heavy atom. The summed E-state index contributed by atoms with van der Waals surface area (Å²) in [4.78, 5) is 4.41. The molecule has 7 heteroatoms. The summed E-state index contributed by atoms with van der Waals surface area (Å²) in [7, 11) is 0. The van der Waals surface area contributed by atoms with Gasteiger partial charge in [-0.1, -0.05) is 42.5 Å². The van der Waals surface area contributed by atoms with Gasteiger partial charge in [-0.05, 0) is 29.7 Å². The number of hydrogen-bond acceptors (Lipinski definition) is 4. The lowest BCUT2D eigenvalue weighted by Crippen LogP contribution is -2.51.